The topological polar surface area (TPSA) is 105 Å². The first-order valence-corrected chi connectivity index (χ1v) is 11.3. The van der Waals surface area contributed by atoms with Gasteiger partial charge < -0.3 is 15.5 Å². The van der Waals surface area contributed by atoms with E-state index in [1.165, 1.54) is 6.92 Å². The van der Waals surface area contributed by atoms with Crippen LogP contribution in [0.4, 0.5) is 17.5 Å². The van der Waals surface area contributed by atoms with E-state index in [2.05, 4.69) is 30.5 Å². The molecule has 9 heteroatoms. The van der Waals surface area contributed by atoms with E-state index in [1.54, 1.807) is 17.7 Å². The summed E-state index contributed by atoms with van der Waals surface area (Å²) in [6.45, 7) is 7.05. The summed E-state index contributed by atoms with van der Waals surface area (Å²) < 4.78 is 1.58. The Hall–Kier alpha value is -3.59. The van der Waals surface area contributed by atoms with Gasteiger partial charge in [0.25, 0.3) is 5.56 Å². The van der Waals surface area contributed by atoms with Gasteiger partial charge in [0.05, 0.1) is 17.4 Å². The number of allylic oxidation sites excluding steroid dienone is 2. The van der Waals surface area contributed by atoms with Gasteiger partial charge in [0.15, 0.2) is 11.4 Å². The van der Waals surface area contributed by atoms with Crippen LogP contribution in [0.2, 0.25) is 0 Å². The fourth-order valence-corrected chi connectivity index (χ4v) is 4.59. The van der Waals surface area contributed by atoms with Gasteiger partial charge in [-0.05, 0) is 50.8 Å². The number of nitrogens with one attached hydrogen (secondary N) is 2. The number of carbonyl (C=O) groups excluding carboxylic acids is 1. The molecule has 2 aliphatic rings. The van der Waals surface area contributed by atoms with Crippen molar-refractivity contribution in [1.82, 2.24) is 24.8 Å². The minimum absolute atomic E-state index is 0.199. The number of hydrogen-bond donors (Lipinski definition) is 2. The average Bonchev–Trinajstić information content (AvgIpc) is 3.34. The number of hydrogen-bond acceptors (Lipinski definition) is 8. The maximum absolute atomic E-state index is 13.3. The molecule has 5 rings (SSSR count). The number of aryl methyl sites for hydroxylation is 1. The first-order valence-electron chi connectivity index (χ1n) is 11.3. The summed E-state index contributed by atoms with van der Waals surface area (Å²) in [7, 11) is 0. The summed E-state index contributed by atoms with van der Waals surface area (Å²) in [4.78, 5) is 41.5. The number of piperazine rings is 1. The van der Waals surface area contributed by atoms with Crippen molar-refractivity contribution in [3.63, 3.8) is 0 Å². The zero-order valence-electron chi connectivity index (χ0n) is 18.9. The second-order valence-electron chi connectivity index (χ2n) is 8.48. The van der Waals surface area contributed by atoms with Crippen LogP contribution in [0, 0.1) is 6.92 Å². The Morgan fingerprint density at radius 3 is 2.64 bits per heavy atom. The number of ketones is 1. The molecule has 9 nitrogen and oxygen atoms in total. The van der Waals surface area contributed by atoms with Crippen LogP contribution in [0.25, 0.3) is 16.7 Å². The van der Waals surface area contributed by atoms with Gasteiger partial charge >= 0.3 is 0 Å². The van der Waals surface area contributed by atoms with Crippen molar-refractivity contribution in [1.29, 1.82) is 0 Å². The van der Waals surface area contributed by atoms with Gasteiger partial charge in [-0.25, -0.2) is 9.97 Å². The number of pyridine rings is 2. The molecule has 3 aromatic heterocycles. The SMILES string of the molecule is CC(=O)c1c(C)c2cnc(Nc3ccc(N4CCNCC4)cn3)nc2n(C2=CCCC2)c1=O. The lowest BCUT2D eigenvalue weighted by atomic mass is 10.0. The largest absolute Gasteiger partial charge is 0.368 e. The number of anilines is 3. The normalized spacial score (nSPS) is 16.2. The van der Waals surface area contributed by atoms with Crippen LogP contribution in [0.3, 0.4) is 0 Å². The number of aromatic nitrogens is 4. The molecule has 0 bridgehead atoms. The van der Waals surface area contributed by atoms with Crippen LogP contribution < -0.4 is 21.1 Å². The Morgan fingerprint density at radius 2 is 1.97 bits per heavy atom. The Balaban J connectivity index is 1.52. The van der Waals surface area contributed by atoms with Crippen LogP contribution in [-0.4, -0.2) is 51.5 Å². The van der Waals surface area contributed by atoms with E-state index in [1.807, 2.05) is 24.4 Å². The Kier molecular flexibility index (Phi) is 5.63. The van der Waals surface area contributed by atoms with Gasteiger partial charge in [-0.15, -0.1) is 0 Å². The van der Waals surface area contributed by atoms with Crippen molar-refractivity contribution in [2.75, 3.05) is 36.4 Å². The standard InChI is InChI=1S/C24H27N7O2/c1-15-19-14-27-24(28-20-8-7-18(13-26-20)30-11-9-25-10-12-30)29-22(19)31(17-5-3-4-6-17)23(33)21(15)16(2)32/h5,7-8,13-14,25H,3-4,6,9-12H2,1-2H3,(H,26,27,28,29). The Morgan fingerprint density at radius 1 is 1.15 bits per heavy atom. The fraction of sp³-hybridized carbons (Fsp3) is 0.375. The van der Waals surface area contributed by atoms with Crippen molar-refractivity contribution in [3.8, 4) is 0 Å². The highest BCUT2D eigenvalue weighted by molar-refractivity contribution is 6.00. The van der Waals surface area contributed by atoms with Gasteiger partial charge in [0.2, 0.25) is 5.95 Å². The van der Waals surface area contributed by atoms with Crippen LogP contribution in [0.5, 0.6) is 0 Å². The van der Waals surface area contributed by atoms with E-state index in [4.69, 9.17) is 0 Å². The van der Waals surface area contributed by atoms with E-state index in [9.17, 15) is 9.59 Å². The molecular weight excluding hydrogens is 418 g/mol. The molecule has 0 saturated carbocycles. The zero-order chi connectivity index (χ0) is 22.9. The predicted molar refractivity (Wildman–Crippen MR) is 129 cm³/mol. The van der Waals surface area contributed by atoms with Crippen molar-refractivity contribution in [3.05, 3.63) is 52.1 Å². The van der Waals surface area contributed by atoms with Crippen molar-refractivity contribution < 1.29 is 4.79 Å². The van der Waals surface area contributed by atoms with Gasteiger partial charge in [-0.3, -0.25) is 14.2 Å². The smallest absolute Gasteiger partial charge is 0.267 e. The van der Waals surface area contributed by atoms with E-state index in [0.29, 0.717) is 28.4 Å². The fourth-order valence-electron chi connectivity index (χ4n) is 4.59. The quantitative estimate of drug-likeness (QED) is 0.578. The molecule has 1 aliphatic carbocycles. The van der Waals surface area contributed by atoms with Crippen LogP contribution in [0.1, 0.15) is 42.1 Å². The highest BCUT2D eigenvalue weighted by Gasteiger charge is 2.22. The lowest BCUT2D eigenvalue weighted by molar-refractivity contribution is 0.101. The summed E-state index contributed by atoms with van der Waals surface area (Å²) in [6, 6.07) is 3.94. The molecule has 0 amide bonds. The molecule has 1 saturated heterocycles. The summed E-state index contributed by atoms with van der Waals surface area (Å²) in [5, 5.41) is 7.20. The average molecular weight is 446 g/mol. The summed E-state index contributed by atoms with van der Waals surface area (Å²) in [5.41, 5.74) is 2.97. The Bertz CT molecular complexity index is 1310. The maximum atomic E-state index is 13.3. The zero-order valence-corrected chi connectivity index (χ0v) is 18.9. The van der Waals surface area contributed by atoms with Gasteiger partial charge in [-0.1, -0.05) is 6.08 Å². The molecule has 170 valence electrons. The van der Waals surface area contributed by atoms with E-state index >= 15 is 0 Å². The first-order chi connectivity index (χ1) is 16.0. The number of rotatable bonds is 5. The molecule has 3 aromatic rings. The monoisotopic (exact) mass is 445 g/mol. The molecule has 1 aliphatic heterocycles. The second-order valence-corrected chi connectivity index (χ2v) is 8.48. The molecule has 4 heterocycles. The molecule has 0 atom stereocenters. The number of fused-ring (bicyclic) bond motifs is 1. The third-order valence-corrected chi connectivity index (χ3v) is 6.30. The lowest BCUT2D eigenvalue weighted by Crippen LogP contribution is -2.43. The minimum Gasteiger partial charge on any atom is -0.368 e. The summed E-state index contributed by atoms with van der Waals surface area (Å²) in [6.07, 6.45) is 8.23. The minimum atomic E-state index is -0.316. The molecule has 0 spiro atoms. The highest BCUT2D eigenvalue weighted by Crippen LogP contribution is 2.27. The van der Waals surface area contributed by atoms with E-state index in [-0.39, 0.29) is 16.9 Å². The third-order valence-electron chi connectivity index (χ3n) is 6.30. The molecule has 2 N–H and O–H groups in total. The molecule has 33 heavy (non-hydrogen) atoms. The van der Waals surface area contributed by atoms with Crippen LogP contribution in [0.15, 0.2) is 35.4 Å². The molecular formula is C24H27N7O2. The van der Waals surface area contributed by atoms with E-state index in [0.717, 1.165) is 56.8 Å². The van der Waals surface area contributed by atoms with E-state index < -0.39 is 0 Å². The summed E-state index contributed by atoms with van der Waals surface area (Å²) in [5.74, 6) is 0.730. The maximum Gasteiger partial charge on any atom is 0.267 e. The molecule has 0 unspecified atom stereocenters. The lowest BCUT2D eigenvalue weighted by Gasteiger charge is -2.29. The predicted octanol–water partition coefficient (Wildman–Crippen LogP) is 2.88. The second kappa shape index (κ2) is 8.74. The van der Waals surface area contributed by atoms with Crippen molar-refractivity contribution in [2.24, 2.45) is 0 Å². The third kappa shape index (κ3) is 4.00. The van der Waals surface area contributed by atoms with Gasteiger partial charge in [0.1, 0.15) is 5.82 Å². The van der Waals surface area contributed by atoms with Crippen LogP contribution in [-0.2, 0) is 0 Å². The van der Waals surface area contributed by atoms with Gasteiger partial charge in [0, 0.05) is 43.5 Å². The highest BCUT2D eigenvalue weighted by atomic mass is 16.1. The van der Waals surface area contributed by atoms with Crippen molar-refractivity contribution >= 4 is 40.0 Å². The van der Waals surface area contributed by atoms with Gasteiger partial charge in [-0.2, -0.15) is 4.98 Å². The Labute approximate surface area is 191 Å². The number of carbonyl (C=O) groups is 1. The van der Waals surface area contributed by atoms with Crippen molar-refractivity contribution in [2.45, 2.75) is 33.1 Å². The molecule has 0 aromatic carbocycles. The van der Waals surface area contributed by atoms with Crippen LogP contribution >= 0.6 is 0 Å². The number of nitrogens with zero attached hydrogens (tertiary/aromatic N) is 5. The molecule has 1 fully saturated rings. The molecule has 0 radical (unpaired) electrons. The summed E-state index contributed by atoms with van der Waals surface area (Å²) >= 11 is 0. The first kappa shape index (κ1) is 21.3. The number of Topliss-reactive ketones (excluding diaryl/α,β-unsaturated/α-hetero) is 1.